The molecule has 0 aromatic carbocycles. The molecule has 82 valence electrons. The standard InChI is InChI=1S/C9H18N2OS2/c1-7(2)8-6-13-9(11-8)10-4-5-14(3)12/h7-8H,4-6H2,1-3H3,(H,10,11). The molecule has 1 saturated heterocycles. The van der Waals surface area contributed by atoms with Crippen LogP contribution in [-0.2, 0) is 10.8 Å². The summed E-state index contributed by atoms with van der Waals surface area (Å²) in [6.45, 7) is 5.09. The van der Waals surface area contributed by atoms with Crippen molar-refractivity contribution in [1.82, 2.24) is 5.32 Å². The maximum Gasteiger partial charge on any atom is 0.156 e. The van der Waals surface area contributed by atoms with Gasteiger partial charge in [-0.05, 0) is 5.92 Å². The van der Waals surface area contributed by atoms with Gasteiger partial charge >= 0.3 is 0 Å². The Kier molecular flexibility index (Phi) is 4.95. The molecule has 0 radical (unpaired) electrons. The zero-order valence-electron chi connectivity index (χ0n) is 8.95. The van der Waals surface area contributed by atoms with Crippen LogP contribution in [0.4, 0.5) is 0 Å². The molecule has 5 heteroatoms. The van der Waals surface area contributed by atoms with Crippen molar-refractivity contribution in [2.24, 2.45) is 10.9 Å². The van der Waals surface area contributed by atoms with Gasteiger partial charge in [-0.25, -0.2) is 0 Å². The lowest BCUT2D eigenvalue weighted by Gasteiger charge is -2.12. The van der Waals surface area contributed by atoms with Crippen molar-refractivity contribution in [1.29, 1.82) is 0 Å². The van der Waals surface area contributed by atoms with E-state index in [1.807, 2.05) is 0 Å². The number of rotatable bonds is 4. The van der Waals surface area contributed by atoms with Gasteiger partial charge < -0.3 is 5.32 Å². The van der Waals surface area contributed by atoms with Crippen LogP contribution in [0.2, 0.25) is 0 Å². The topological polar surface area (TPSA) is 41.5 Å². The lowest BCUT2D eigenvalue weighted by molar-refractivity contribution is 0.503. The fourth-order valence-electron chi connectivity index (χ4n) is 1.14. The molecule has 1 heterocycles. The van der Waals surface area contributed by atoms with Crippen molar-refractivity contribution in [3.05, 3.63) is 0 Å². The number of nitrogens with one attached hydrogen (secondary N) is 1. The van der Waals surface area contributed by atoms with E-state index in [-0.39, 0.29) is 0 Å². The summed E-state index contributed by atoms with van der Waals surface area (Å²) in [5.41, 5.74) is 0. The van der Waals surface area contributed by atoms with E-state index >= 15 is 0 Å². The molecule has 0 aliphatic carbocycles. The Labute approximate surface area is 92.6 Å². The first-order valence-electron chi connectivity index (χ1n) is 4.83. The smallest absolute Gasteiger partial charge is 0.156 e. The molecule has 3 nitrogen and oxygen atoms in total. The molecule has 0 bridgehead atoms. The third-order valence-corrected chi connectivity index (χ3v) is 3.95. The molecule has 0 spiro atoms. The molecule has 1 N–H and O–H groups in total. The minimum Gasteiger partial charge on any atom is -0.361 e. The highest BCUT2D eigenvalue weighted by atomic mass is 32.2. The number of nitrogens with zero attached hydrogens (tertiary/aromatic N) is 1. The summed E-state index contributed by atoms with van der Waals surface area (Å²) in [7, 11) is -0.727. The number of thioether (sulfide) groups is 1. The Morgan fingerprint density at radius 2 is 2.43 bits per heavy atom. The summed E-state index contributed by atoms with van der Waals surface area (Å²) in [6, 6.07) is 0.547. The highest BCUT2D eigenvalue weighted by Crippen LogP contribution is 2.18. The molecule has 1 aliphatic heterocycles. The van der Waals surface area contributed by atoms with Crippen LogP contribution in [0.3, 0.4) is 0 Å². The van der Waals surface area contributed by atoms with Crippen LogP contribution >= 0.6 is 11.8 Å². The van der Waals surface area contributed by atoms with Gasteiger partial charge in [0.25, 0.3) is 0 Å². The summed E-state index contributed by atoms with van der Waals surface area (Å²) >= 11 is 1.77. The van der Waals surface area contributed by atoms with Crippen LogP contribution in [0, 0.1) is 5.92 Å². The van der Waals surface area contributed by atoms with Crippen LogP contribution in [0.5, 0.6) is 0 Å². The van der Waals surface area contributed by atoms with E-state index in [1.54, 1.807) is 18.0 Å². The van der Waals surface area contributed by atoms with Crippen LogP contribution in [0.1, 0.15) is 13.8 Å². The van der Waals surface area contributed by atoms with Crippen molar-refractivity contribution >= 4 is 27.7 Å². The van der Waals surface area contributed by atoms with E-state index in [4.69, 9.17) is 0 Å². The Hall–Kier alpha value is -0.0300. The predicted molar refractivity (Wildman–Crippen MR) is 65.5 cm³/mol. The Morgan fingerprint density at radius 3 is 2.93 bits per heavy atom. The monoisotopic (exact) mass is 234 g/mol. The molecule has 2 unspecified atom stereocenters. The Bertz CT molecular complexity index is 241. The highest BCUT2D eigenvalue weighted by molar-refractivity contribution is 8.14. The van der Waals surface area contributed by atoms with Gasteiger partial charge in [0.15, 0.2) is 5.17 Å². The third-order valence-electron chi connectivity index (χ3n) is 2.15. The molecule has 0 aromatic heterocycles. The second-order valence-corrected chi connectivity index (χ2v) is 6.33. The lowest BCUT2D eigenvalue weighted by atomic mass is 10.1. The van der Waals surface area contributed by atoms with Gasteiger partial charge in [0.2, 0.25) is 0 Å². The normalized spacial score (nSPS) is 26.9. The van der Waals surface area contributed by atoms with Gasteiger partial charge in [-0.2, -0.15) is 0 Å². The van der Waals surface area contributed by atoms with Crippen molar-refractivity contribution < 1.29 is 4.21 Å². The average Bonchev–Trinajstić information content (AvgIpc) is 2.52. The van der Waals surface area contributed by atoms with E-state index in [9.17, 15) is 4.21 Å². The predicted octanol–water partition coefficient (Wildman–Crippen LogP) is 1.08. The van der Waals surface area contributed by atoms with Gasteiger partial charge in [-0.15, -0.1) is 0 Å². The highest BCUT2D eigenvalue weighted by Gasteiger charge is 2.22. The summed E-state index contributed by atoms with van der Waals surface area (Å²) in [5.74, 6) is 2.42. The SMILES string of the molecule is CC(C)C1CSC(=NCCS(C)=O)N1. The minimum absolute atomic E-state index is 0.547. The van der Waals surface area contributed by atoms with E-state index in [1.165, 1.54) is 0 Å². The van der Waals surface area contributed by atoms with Gasteiger partial charge in [-0.1, -0.05) is 25.6 Å². The quantitative estimate of drug-likeness (QED) is 0.791. The van der Waals surface area contributed by atoms with Crippen molar-refractivity contribution in [2.75, 3.05) is 24.3 Å². The summed E-state index contributed by atoms with van der Waals surface area (Å²) in [4.78, 5) is 4.37. The molecule has 0 aromatic rings. The maximum atomic E-state index is 10.8. The first-order chi connectivity index (χ1) is 6.59. The molecular formula is C9H18N2OS2. The van der Waals surface area contributed by atoms with Crippen LogP contribution in [0.25, 0.3) is 0 Å². The molecule has 1 aliphatic rings. The number of amidine groups is 1. The van der Waals surface area contributed by atoms with Crippen LogP contribution in [-0.4, -0.2) is 39.7 Å². The molecule has 2 atom stereocenters. The molecule has 0 amide bonds. The van der Waals surface area contributed by atoms with E-state index < -0.39 is 10.8 Å². The summed E-state index contributed by atoms with van der Waals surface area (Å²) < 4.78 is 10.8. The maximum absolute atomic E-state index is 10.8. The van der Waals surface area contributed by atoms with Crippen molar-refractivity contribution in [3.63, 3.8) is 0 Å². The summed E-state index contributed by atoms with van der Waals surface area (Å²) in [5, 5.41) is 4.40. The fourth-order valence-corrected chi connectivity index (χ4v) is 2.71. The van der Waals surface area contributed by atoms with Crippen LogP contribution < -0.4 is 5.32 Å². The van der Waals surface area contributed by atoms with Gasteiger partial charge in [0.1, 0.15) is 0 Å². The molecule has 1 rings (SSSR count). The van der Waals surface area contributed by atoms with E-state index in [0.29, 0.717) is 24.3 Å². The molecule has 14 heavy (non-hydrogen) atoms. The third kappa shape index (κ3) is 4.00. The van der Waals surface area contributed by atoms with Crippen molar-refractivity contribution in [2.45, 2.75) is 19.9 Å². The second-order valence-electron chi connectivity index (χ2n) is 3.77. The molecular weight excluding hydrogens is 216 g/mol. The van der Waals surface area contributed by atoms with Gasteiger partial charge in [0, 0.05) is 34.6 Å². The second kappa shape index (κ2) is 5.75. The Morgan fingerprint density at radius 1 is 1.71 bits per heavy atom. The number of hydrogen-bond acceptors (Lipinski definition) is 3. The van der Waals surface area contributed by atoms with Crippen LogP contribution in [0.15, 0.2) is 4.99 Å². The fraction of sp³-hybridized carbons (Fsp3) is 0.889. The summed E-state index contributed by atoms with van der Waals surface area (Å²) in [6.07, 6.45) is 1.71. The van der Waals surface area contributed by atoms with Crippen molar-refractivity contribution in [3.8, 4) is 0 Å². The average molecular weight is 234 g/mol. The Balaban J connectivity index is 2.30. The first-order valence-corrected chi connectivity index (χ1v) is 7.54. The number of aliphatic imine (C=N–C) groups is 1. The first kappa shape index (κ1) is 12.0. The van der Waals surface area contributed by atoms with Gasteiger partial charge in [-0.3, -0.25) is 9.20 Å². The zero-order valence-corrected chi connectivity index (χ0v) is 10.6. The number of hydrogen-bond donors (Lipinski definition) is 1. The lowest BCUT2D eigenvalue weighted by Crippen LogP contribution is -2.31. The molecule has 1 fully saturated rings. The van der Waals surface area contributed by atoms with E-state index in [0.717, 1.165) is 10.9 Å². The van der Waals surface area contributed by atoms with E-state index in [2.05, 4.69) is 24.2 Å². The molecule has 0 saturated carbocycles. The minimum atomic E-state index is -0.727. The van der Waals surface area contributed by atoms with Gasteiger partial charge in [0.05, 0.1) is 6.54 Å². The zero-order chi connectivity index (χ0) is 10.6. The largest absolute Gasteiger partial charge is 0.361 e.